The molecule has 0 saturated carbocycles. The van der Waals surface area contributed by atoms with E-state index in [9.17, 15) is 22.4 Å². The SMILES string of the molecule is NCCSc1nonc1-c1noc(=O)n1-c1ccc(F)c(C(F)(F)F)c1. The summed E-state index contributed by atoms with van der Waals surface area (Å²) in [6.45, 7) is 0.315. The van der Waals surface area contributed by atoms with Crippen LogP contribution in [-0.2, 0) is 6.18 Å². The van der Waals surface area contributed by atoms with Gasteiger partial charge < -0.3 is 5.73 Å². The predicted molar refractivity (Wildman–Crippen MR) is 80.1 cm³/mol. The number of nitrogens with two attached hydrogens (primary N) is 1. The van der Waals surface area contributed by atoms with Gasteiger partial charge in [0.2, 0.25) is 5.82 Å². The summed E-state index contributed by atoms with van der Waals surface area (Å²) in [7, 11) is 0. The van der Waals surface area contributed by atoms with Crippen LogP contribution < -0.4 is 11.5 Å². The van der Waals surface area contributed by atoms with Crippen molar-refractivity contribution in [1.82, 2.24) is 20.0 Å². The van der Waals surface area contributed by atoms with Crippen LogP contribution in [0.4, 0.5) is 17.6 Å². The molecule has 3 rings (SSSR count). The minimum atomic E-state index is -4.95. The van der Waals surface area contributed by atoms with Gasteiger partial charge in [0, 0.05) is 12.3 Å². The Hall–Kier alpha value is -2.67. The van der Waals surface area contributed by atoms with E-state index in [1.807, 2.05) is 0 Å². The molecule has 8 nitrogen and oxygen atoms in total. The van der Waals surface area contributed by atoms with E-state index in [1.54, 1.807) is 0 Å². The van der Waals surface area contributed by atoms with E-state index >= 15 is 0 Å². The summed E-state index contributed by atoms with van der Waals surface area (Å²) in [5.41, 5.74) is 3.53. The Bertz CT molecular complexity index is 981. The second-order valence-electron chi connectivity index (χ2n) is 4.82. The van der Waals surface area contributed by atoms with Crippen LogP contribution in [0.25, 0.3) is 17.2 Å². The molecule has 0 aliphatic heterocycles. The number of aromatic nitrogens is 4. The number of hydrogen-bond acceptors (Lipinski definition) is 8. The molecule has 0 bridgehead atoms. The van der Waals surface area contributed by atoms with Crippen molar-refractivity contribution in [3.63, 3.8) is 0 Å². The van der Waals surface area contributed by atoms with E-state index in [4.69, 9.17) is 5.73 Å². The molecule has 3 aromatic rings. The molecule has 0 fully saturated rings. The minimum absolute atomic E-state index is 0.0211. The Balaban J connectivity index is 2.14. The van der Waals surface area contributed by atoms with Gasteiger partial charge in [0.1, 0.15) is 5.82 Å². The third kappa shape index (κ3) is 3.35. The summed E-state index contributed by atoms with van der Waals surface area (Å²) < 4.78 is 62.1. The minimum Gasteiger partial charge on any atom is -0.330 e. The second-order valence-corrected chi connectivity index (χ2v) is 5.91. The first-order valence-corrected chi connectivity index (χ1v) is 7.93. The molecule has 2 heterocycles. The highest BCUT2D eigenvalue weighted by Gasteiger charge is 2.35. The van der Waals surface area contributed by atoms with E-state index in [0.717, 1.165) is 17.8 Å². The lowest BCUT2D eigenvalue weighted by atomic mass is 10.1. The van der Waals surface area contributed by atoms with Crippen LogP contribution in [-0.4, -0.2) is 32.3 Å². The van der Waals surface area contributed by atoms with Crippen molar-refractivity contribution in [2.75, 3.05) is 12.3 Å². The van der Waals surface area contributed by atoms with Crippen LogP contribution in [0.3, 0.4) is 0 Å². The van der Waals surface area contributed by atoms with E-state index in [0.29, 0.717) is 29.0 Å². The number of benzene rings is 1. The van der Waals surface area contributed by atoms with Crippen molar-refractivity contribution in [3.8, 4) is 17.2 Å². The number of alkyl halides is 3. The van der Waals surface area contributed by atoms with Gasteiger partial charge in [-0.25, -0.2) is 18.4 Å². The topological polar surface area (TPSA) is 113 Å². The van der Waals surface area contributed by atoms with Gasteiger partial charge in [0.25, 0.3) is 0 Å². The lowest BCUT2D eigenvalue weighted by Gasteiger charge is -2.10. The van der Waals surface area contributed by atoms with Crippen LogP contribution >= 0.6 is 11.8 Å². The third-order valence-electron chi connectivity index (χ3n) is 3.14. The van der Waals surface area contributed by atoms with Crippen molar-refractivity contribution >= 4 is 11.8 Å². The maximum atomic E-state index is 13.5. The van der Waals surface area contributed by atoms with Gasteiger partial charge in [0.15, 0.2) is 10.7 Å². The summed E-state index contributed by atoms with van der Waals surface area (Å²) in [5.74, 6) is -2.36. The average molecular weight is 391 g/mol. The van der Waals surface area contributed by atoms with E-state index in [1.165, 1.54) is 0 Å². The zero-order valence-electron chi connectivity index (χ0n) is 12.7. The van der Waals surface area contributed by atoms with Gasteiger partial charge in [-0.15, -0.1) is 0 Å². The molecule has 2 N–H and O–H groups in total. The highest BCUT2D eigenvalue weighted by Crippen LogP contribution is 2.33. The predicted octanol–water partition coefficient (Wildman–Crippen LogP) is 2.08. The summed E-state index contributed by atoms with van der Waals surface area (Å²) >= 11 is 1.14. The molecular formula is C13H9F4N5O3S. The smallest absolute Gasteiger partial charge is 0.330 e. The molecule has 26 heavy (non-hydrogen) atoms. The van der Waals surface area contributed by atoms with E-state index in [2.05, 4.69) is 24.6 Å². The van der Waals surface area contributed by atoms with Gasteiger partial charge in [-0.3, -0.25) is 4.52 Å². The number of thioether (sulfide) groups is 1. The molecular weight excluding hydrogens is 382 g/mol. The summed E-state index contributed by atoms with van der Waals surface area (Å²) in [6, 6.07) is 2.04. The fourth-order valence-corrected chi connectivity index (χ4v) is 2.73. The van der Waals surface area contributed by atoms with Crippen LogP contribution in [0, 0.1) is 5.82 Å². The molecule has 0 amide bonds. The Labute approximate surface area is 145 Å². The number of halogens is 4. The lowest BCUT2D eigenvalue weighted by molar-refractivity contribution is -0.140. The van der Waals surface area contributed by atoms with E-state index < -0.39 is 23.3 Å². The van der Waals surface area contributed by atoms with Crippen LogP contribution in [0.2, 0.25) is 0 Å². The number of nitrogens with zero attached hydrogens (tertiary/aromatic N) is 4. The highest BCUT2D eigenvalue weighted by atomic mass is 32.2. The monoisotopic (exact) mass is 391 g/mol. The quantitative estimate of drug-likeness (QED) is 0.520. The fraction of sp³-hybridized carbons (Fsp3) is 0.231. The first-order chi connectivity index (χ1) is 12.3. The van der Waals surface area contributed by atoms with Gasteiger partial charge in [-0.05, 0) is 28.5 Å². The Morgan fingerprint density at radius 3 is 2.69 bits per heavy atom. The zero-order chi connectivity index (χ0) is 18.9. The van der Waals surface area contributed by atoms with Crippen LogP contribution in [0.15, 0.2) is 37.2 Å². The average Bonchev–Trinajstić information content (AvgIpc) is 3.18. The van der Waals surface area contributed by atoms with Crippen molar-refractivity contribution in [1.29, 1.82) is 0 Å². The molecule has 0 aliphatic carbocycles. The maximum Gasteiger partial charge on any atom is 0.446 e. The first-order valence-electron chi connectivity index (χ1n) is 6.94. The third-order valence-corrected chi connectivity index (χ3v) is 4.13. The number of rotatable bonds is 5. The van der Waals surface area contributed by atoms with Gasteiger partial charge in [-0.1, -0.05) is 16.9 Å². The summed E-state index contributed by atoms with van der Waals surface area (Å²) in [4.78, 5) is 12.0. The van der Waals surface area contributed by atoms with Crippen molar-refractivity contribution in [3.05, 3.63) is 40.1 Å². The Morgan fingerprint density at radius 1 is 1.23 bits per heavy atom. The molecule has 1 aromatic carbocycles. The maximum absolute atomic E-state index is 13.5. The molecule has 2 aromatic heterocycles. The fourth-order valence-electron chi connectivity index (χ4n) is 2.06. The normalized spacial score (nSPS) is 11.9. The van der Waals surface area contributed by atoms with Crippen molar-refractivity contribution < 1.29 is 26.7 Å². The molecule has 0 spiro atoms. The van der Waals surface area contributed by atoms with Crippen molar-refractivity contribution in [2.45, 2.75) is 11.2 Å². The van der Waals surface area contributed by atoms with Crippen molar-refractivity contribution in [2.24, 2.45) is 5.73 Å². The molecule has 0 aliphatic rings. The molecule has 0 unspecified atom stereocenters. The molecule has 0 saturated heterocycles. The summed E-state index contributed by atoms with van der Waals surface area (Å²) in [5, 5.41) is 11.0. The number of hydrogen-bond donors (Lipinski definition) is 1. The van der Waals surface area contributed by atoms with Gasteiger partial charge in [-0.2, -0.15) is 13.2 Å². The van der Waals surface area contributed by atoms with Gasteiger partial charge >= 0.3 is 11.9 Å². The molecule has 138 valence electrons. The van der Waals surface area contributed by atoms with Crippen LogP contribution in [0.1, 0.15) is 5.56 Å². The molecule has 13 heteroatoms. The molecule has 0 atom stereocenters. The van der Waals surface area contributed by atoms with E-state index in [-0.39, 0.29) is 22.2 Å². The largest absolute Gasteiger partial charge is 0.446 e. The second kappa shape index (κ2) is 6.92. The van der Waals surface area contributed by atoms with Gasteiger partial charge in [0.05, 0.1) is 11.3 Å². The molecule has 0 radical (unpaired) electrons. The zero-order valence-corrected chi connectivity index (χ0v) is 13.5. The summed E-state index contributed by atoms with van der Waals surface area (Å²) in [6.07, 6.45) is -4.95. The first kappa shape index (κ1) is 18.1. The van der Waals surface area contributed by atoms with Crippen LogP contribution in [0.5, 0.6) is 0 Å². The Kier molecular flexibility index (Phi) is 4.82. The lowest BCUT2D eigenvalue weighted by Crippen LogP contribution is -2.16. The Morgan fingerprint density at radius 2 is 2.00 bits per heavy atom. The standard InChI is InChI=1S/C13H9F4N5O3S/c14-8-2-1-6(5-7(8)13(15,16)17)22-10(20-24-12(22)23)9-11(21-25-19-9)26-4-3-18/h1-2,5H,3-4,18H2. The highest BCUT2D eigenvalue weighted by molar-refractivity contribution is 7.99.